The molecule has 10 nitrogen and oxygen atoms in total. The number of carbonyl (C=O) groups excluding carboxylic acids is 4. The van der Waals surface area contributed by atoms with Crippen LogP contribution in [0.15, 0.2) is 72.3 Å². The minimum Gasteiger partial charge on any atom is -0.508 e. The van der Waals surface area contributed by atoms with Crippen molar-refractivity contribution in [2.75, 3.05) is 26.2 Å². The van der Waals surface area contributed by atoms with Crippen molar-refractivity contribution in [1.82, 2.24) is 9.91 Å². The largest absolute Gasteiger partial charge is 0.508 e. The van der Waals surface area contributed by atoms with Gasteiger partial charge in [0.1, 0.15) is 17.2 Å². The Morgan fingerprint density at radius 1 is 0.896 bits per heavy atom. The van der Waals surface area contributed by atoms with Gasteiger partial charge in [0.2, 0.25) is 11.8 Å². The standard InChI is InChI=1S/C36H33Cl2N3O7/c1-4-40-32(43)23-12-11-22-24(30(23)34(40)45)17-26-33(44)41(39-28-13-7-19(37)15-27(28)38)35(46)36(26,18-5-8-20(47-2)9-6-18)31(22)25-16-21(48-3)10-14-29(25)42/h5-11,13-16,23-24,26,30-31,39,42H,4,12,17H2,1-3H3. The molecule has 0 aromatic heterocycles. The zero-order valence-corrected chi connectivity index (χ0v) is 27.9. The fourth-order valence-corrected chi connectivity index (χ4v) is 8.91. The van der Waals surface area contributed by atoms with E-state index in [9.17, 15) is 19.5 Å². The minimum absolute atomic E-state index is 0.104. The first-order chi connectivity index (χ1) is 23.1. The van der Waals surface area contributed by atoms with E-state index in [1.165, 1.54) is 31.3 Å². The van der Waals surface area contributed by atoms with Crippen LogP contribution in [0.2, 0.25) is 10.0 Å². The van der Waals surface area contributed by atoms with E-state index in [-0.39, 0.29) is 42.0 Å². The Bertz CT molecular complexity index is 1900. The molecule has 3 aromatic carbocycles. The van der Waals surface area contributed by atoms with Gasteiger partial charge in [0.05, 0.1) is 48.1 Å². The molecule has 0 spiro atoms. The maximum absolute atomic E-state index is 15.2. The van der Waals surface area contributed by atoms with Crippen LogP contribution in [0, 0.1) is 23.7 Å². The first kappa shape index (κ1) is 32.0. The van der Waals surface area contributed by atoms with Gasteiger partial charge in [0.25, 0.3) is 11.8 Å². The molecular weight excluding hydrogens is 657 g/mol. The van der Waals surface area contributed by atoms with Gasteiger partial charge in [-0.25, -0.2) is 0 Å². The van der Waals surface area contributed by atoms with Crippen LogP contribution in [0.4, 0.5) is 5.69 Å². The van der Waals surface area contributed by atoms with E-state index in [0.717, 1.165) is 10.6 Å². The molecule has 3 fully saturated rings. The highest BCUT2D eigenvalue weighted by molar-refractivity contribution is 6.36. The third-order valence-corrected chi connectivity index (χ3v) is 11.1. The Morgan fingerprint density at radius 3 is 2.27 bits per heavy atom. The van der Waals surface area contributed by atoms with Gasteiger partial charge in [0.15, 0.2) is 0 Å². The number of likely N-dealkylation sites (tertiary alicyclic amines) is 1. The summed E-state index contributed by atoms with van der Waals surface area (Å²) in [5.74, 6) is -4.50. The molecule has 12 heteroatoms. The van der Waals surface area contributed by atoms with Crippen molar-refractivity contribution in [3.05, 3.63) is 93.5 Å². The molecule has 1 saturated carbocycles. The number of anilines is 1. The molecule has 2 aliphatic heterocycles. The number of nitrogens with one attached hydrogen (secondary N) is 1. The number of nitrogens with zero attached hydrogens (tertiary/aromatic N) is 2. The second-order valence-corrected chi connectivity index (χ2v) is 13.4. The highest BCUT2D eigenvalue weighted by Crippen LogP contribution is 2.65. The van der Waals surface area contributed by atoms with Crippen LogP contribution in [0.25, 0.3) is 0 Å². The van der Waals surface area contributed by atoms with Gasteiger partial charge in [-0.05, 0) is 79.8 Å². The van der Waals surface area contributed by atoms with Crippen molar-refractivity contribution in [3.8, 4) is 17.2 Å². The van der Waals surface area contributed by atoms with E-state index >= 15 is 4.79 Å². The van der Waals surface area contributed by atoms with Gasteiger partial charge in [-0.1, -0.05) is 47.0 Å². The first-order valence-corrected chi connectivity index (χ1v) is 16.5. The third-order valence-electron chi connectivity index (χ3n) is 10.5. The van der Waals surface area contributed by atoms with Crippen LogP contribution in [-0.2, 0) is 24.6 Å². The van der Waals surface area contributed by atoms with Gasteiger partial charge >= 0.3 is 0 Å². The number of rotatable bonds is 7. The number of halogens is 2. The van der Waals surface area contributed by atoms with E-state index in [4.69, 9.17) is 32.7 Å². The molecule has 4 aliphatic rings. The van der Waals surface area contributed by atoms with Crippen LogP contribution in [0.5, 0.6) is 17.2 Å². The van der Waals surface area contributed by atoms with E-state index < -0.39 is 46.8 Å². The Labute approximate surface area is 287 Å². The average molecular weight is 691 g/mol. The third kappa shape index (κ3) is 4.53. The van der Waals surface area contributed by atoms with Crippen molar-refractivity contribution in [2.24, 2.45) is 23.7 Å². The van der Waals surface area contributed by atoms with Crippen LogP contribution in [0.3, 0.4) is 0 Å². The van der Waals surface area contributed by atoms with Crippen molar-refractivity contribution in [1.29, 1.82) is 0 Å². The summed E-state index contributed by atoms with van der Waals surface area (Å²) in [6.07, 6.45) is 2.34. The van der Waals surface area contributed by atoms with E-state index in [1.807, 2.05) is 6.08 Å². The molecule has 48 heavy (non-hydrogen) atoms. The maximum Gasteiger partial charge on any atom is 0.260 e. The fourth-order valence-electron chi connectivity index (χ4n) is 8.46. The lowest BCUT2D eigenvalue weighted by Crippen LogP contribution is -2.53. The minimum atomic E-state index is -1.59. The Hall–Kier alpha value is -4.54. The Balaban J connectivity index is 1.49. The number of benzene rings is 3. The summed E-state index contributed by atoms with van der Waals surface area (Å²) in [5, 5.41) is 13.1. The molecule has 6 unspecified atom stereocenters. The second kappa shape index (κ2) is 11.9. The SMILES string of the molecule is CCN1C(=O)C2CC=C3C(CC4C(=O)N(Nc5ccc(Cl)cc5Cl)C(=O)C4(c4ccc(OC)cc4)C3c3cc(OC)ccc3O)C2C1=O. The highest BCUT2D eigenvalue weighted by atomic mass is 35.5. The lowest BCUT2D eigenvalue weighted by molar-refractivity contribution is -0.141. The van der Waals surface area contributed by atoms with E-state index in [0.29, 0.717) is 33.3 Å². The van der Waals surface area contributed by atoms with Crippen LogP contribution in [-0.4, -0.2) is 59.4 Å². The summed E-state index contributed by atoms with van der Waals surface area (Å²) >= 11 is 12.6. The molecule has 2 saturated heterocycles. The number of phenols is 1. The molecule has 6 atom stereocenters. The monoisotopic (exact) mass is 689 g/mol. The number of ether oxygens (including phenoxy) is 2. The molecule has 0 bridgehead atoms. The highest BCUT2D eigenvalue weighted by Gasteiger charge is 2.70. The number of fused-ring (bicyclic) bond motifs is 4. The lowest BCUT2D eigenvalue weighted by atomic mass is 9.49. The van der Waals surface area contributed by atoms with Crippen molar-refractivity contribution >= 4 is 52.5 Å². The lowest BCUT2D eigenvalue weighted by Gasteiger charge is -2.50. The summed E-state index contributed by atoms with van der Waals surface area (Å²) in [6, 6.07) is 16.4. The van der Waals surface area contributed by atoms with Crippen molar-refractivity contribution in [2.45, 2.75) is 31.1 Å². The van der Waals surface area contributed by atoms with Gasteiger partial charge < -0.3 is 14.6 Å². The Kier molecular flexibility index (Phi) is 7.91. The number of carbonyl (C=O) groups is 4. The molecule has 2 heterocycles. The molecule has 4 amide bonds. The summed E-state index contributed by atoms with van der Waals surface area (Å²) in [4.78, 5) is 58.5. The van der Waals surface area contributed by atoms with Gasteiger partial charge in [-0.3, -0.25) is 29.5 Å². The number of phenolic OH excluding ortho intramolecular Hbond substituents is 1. The van der Waals surface area contributed by atoms with E-state index in [2.05, 4.69) is 5.43 Å². The second-order valence-electron chi connectivity index (χ2n) is 12.6. The van der Waals surface area contributed by atoms with Gasteiger partial charge in [0, 0.05) is 23.0 Å². The number of hydrazine groups is 1. The van der Waals surface area contributed by atoms with Crippen LogP contribution < -0.4 is 14.9 Å². The number of hydrogen-bond acceptors (Lipinski definition) is 8. The van der Waals surface area contributed by atoms with Crippen molar-refractivity contribution < 1.29 is 33.8 Å². The molecule has 7 rings (SSSR count). The topological polar surface area (TPSA) is 125 Å². The van der Waals surface area contributed by atoms with Gasteiger partial charge in [-0.2, -0.15) is 5.01 Å². The number of allylic oxidation sites excluding steroid dienone is 2. The van der Waals surface area contributed by atoms with E-state index in [1.54, 1.807) is 55.5 Å². The fraction of sp³-hybridized carbons (Fsp3) is 0.333. The molecule has 3 aromatic rings. The predicted octanol–water partition coefficient (Wildman–Crippen LogP) is 5.72. The smallest absolute Gasteiger partial charge is 0.260 e. The summed E-state index contributed by atoms with van der Waals surface area (Å²) in [5.41, 5.74) is 3.27. The Morgan fingerprint density at radius 2 is 1.60 bits per heavy atom. The van der Waals surface area contributed by atoms with Crippen LogP contribution >= 0.6 is 23.2 Å². The predicted molar refractivity (Wildman–Crippen MR) is 178 cm³/mol. The van der Waals surface area contributed by atoms with Crippen LogP contribution in [0.1, 0.15) is 36.8 Å². The number of methoxy groups -OCH3 is 2. The van der Waals surface area contributed by atoms with Gasteiger partial charge in [-0.15, -0.1) is 0 Å². The zero-order valence-electron chi connectivity index (χ0n) is 26.4. The number of hydrogen-bond donors (Lipinski definition) is 2. The summed E-state index contributed by atoms with van der Waals surface area (Å²) in [7, 11) is 3.03. The van der Waals surface area contributed by atoms with Crippen molar-refractivity contribution in [3.63, 3.8) is 0 Å². The number of imide groups is 2. The molecule has 2 aliphatic carbocycles. The quantitative estimate of drug-likeness (QED) is 0.238. The number of aromatic hydroxyl groups is 1. The first-order valence-electron chi connectivity index (χ1n) is 15.7. The molecule has 2 N–H and O–H groups in total. The molecule has 248 valence electrons. The summed E-state index contributed by atoms with van der Waals surface area (Å²) in [6.45, 7) is 2.00. The normalized spacial score (nSPS) is 27.8. The molecular formula is C36H33Cl2N3O7. The average Bonchev–Trinajstić information content (AvgIpc) is 3.46. The maximum atomic E-state index is 15.2. The zero-order chi connectivity index (χ0) is 34.1. The summed E-state index contributed by atoms with van der Waals surface area (Å²) < 4.78 is 11.0. The number of amides is 4. The molecule has 0 radical (unpaired) electrons.